The van der Waals surface area contributed by atoms with Gasteiger partial charge in [-0.1, -0.05) is 51.1 Å². The summed E-state index contributed by atoms with van der Waals surface area (Å²) in [6, 6.07) is 15.3. The first-order valence-corrected chi connectivity index (χ1v) is 7.89. The van der Waals surface area contributed by atoms with E-state index in [2.05, 4.69) is 68.6 Å². The average molecular weight is 273 g/mol. The highest BCUT2D eigenvalue weighted by molar-refractivity contribution is 8.00. The van der Waals surface area contributed by atoms with Crippen molar-refractivity contribution in [1.82, 2.24) is 5.32 Å². The van der Waals surface area contributed by atoms with Crippen LogP contribution < -0.4 is 5.32 Å². The molecule has 2 aromatic carbocycles. The summed E-state index contributed by atoms with van der Waals surface area (Å²) >= 11 is 1.95. The molecule has 0 heterocycles. The van der Waals surface area contributed by atoms with E-state index in [-0.39, 0.29) is 0 Å². The maximum absolute atomic E-state index is 3.52. The third-order valence-electron chi connectivity index (χ3n) is 3.04. The van der Waals surface area contributed by atoms with Crippen molar-refractivity contribution >= 4 is 22.5 Å². The van der Waals surface area contributed by atoms with Crippen LogP contribution in [0.4, 0.5) is 0 Å². The second kappa shape index (κ2) is 6.97. The Balaban J connectivity index is 1.93. The standard InChI is InChI=1S/C17H23NS/c1-13(2)11-18-12-14(3)19-17-9-8-15-6-4-5-7-16(15)10-17/h4-10,13-14,18H,11-12H2,1-3H3. The van der Waals surface area contributed by atoms with Crippen LogP contribution in [0.3, 0.4) is 0 Å². The van der Waals surface area contributed by atoms with Crippen molar-refractivity contribution in [3.8, 4) is 0 Å². The van der Waals surface area contributed by atoms with Gasteiger partial charge < -0.3 is 5.32 Å². The van der Waals surface area contributed by atoms with Crippen LogP contribution in [0.2, 0.25) is 0 Å². The van der Waals surface area contributed by atoms with Crippen LogP contribution in [0.25, 0.3) is 10.8 Å². The summed E-state index contributed by atoms with van der Waals surface area (Å²) < 4.78 is 0. The zero-order valence-electron chi connectivity index (χ0n) is 12.0. The van der Waals surface area contributed by atoms with Crippen LogP contribution in [-0.2, 0) is 0 Å². The maximum Gasteiger partial charge on any atom is 0.0191 e. The lowest BCUT2D eigenvalue weighted by atomic mass is 10.1. The molecule has 19 heavy (non-hydrogen) atoms. The summed E-state index contributed by atoms with van der Waals surface area (Å²) in [5.74, 6) is 0.720. The van der Waals surface area contributed by atoms with Crippen LogP contribution in [0, 0.1) is 5.92 Å². The van der Waals surface area contributed by atoms with Gasteiger partial charge in [-0.05, 0) is 35.4 Å². The fraction of sp³-hybridized carbons (Fsp3) is 0.412. The van der Waals surface area contributed by atoms with Gasteiger partial charge in [0.05, 0.1) is 0 Å². The Morgan fingerprint density at radius 3 is 2.42 bits per heavy atom. The summed E-state index contributed by atoms with van der Waals surface area (Å²) in [6.07, 6.45) is 0. The van der Waals surface area contributed by atoms with Crippen molar-refractivity contribution in [3.63, 3.8) is 0 Å². The Hall–Kier alpha value is -0.990. The first-order valence-electron chi connectivity index (χ1n) is 7.01. The molecule has 0 radical (unpaired) electrons. The van der Waals surface area contributed by atoms with E-state index in [9.17, 15) is 0 Å². The second-order valence-electron chi connectivity index (χ2n) is 5.49. The molecule has 0 aliphatic rings. The van der Waals surface area contributed by atoms with Crippen molar-refractivity contribution in [2.24, 2.45) is 5.92 Å². The number of hydrogen-bond acceptors (Lipinski definition) is 2. The van der Waals surface area contributed by atoms with E-state index in [1.807, 2.05) is 11.8 Å². The average Bonchev–Trinajstić information content (AvgIpc) is 2.38. The summed E-state index contributed by atoms with van der Waals surface area (Å²) in [4.78, 5) is 1.36. The topological polar surface area (TPSA) is 12.0 Å². The smallest absolute Gasteiger partial charge is 0.0191 e. The number of fused-ring (bicyclic) bond motifs is 1. The van der Waals surface area contributed by atoms with Gasteiger partial charge in [0, 0.05) is 16.7 Å². The van der Waals surface area contributed by atoms with Crippen LogP contribution in [0.5, 0.6) is 0 Å². The quantitative estimate of drug-likeness (QED) is 0.774. The van der Waals surface area contributed by atoms with Gasteiger partial charge >= 0.3 is 0 Å². The first-order chi connectivity index (χ1) is 9.15. The molecule has 0 aliphatic heterocycles. The largest absolute Gasteiger partial charge is 0.315 e. The van der Waals surface area contributed by atoms with Gasteiger partial charge in [0.1, 0.15) is 0 Å². The van der Waals surface area contributed by atoms with Gasteiger partial charge in [-0.15, -0.1) is 11.8 Å². The Labute approximate surface area is 120 Å². The fourth-order valence-electron chi connectivity index (χ4n) is 2.09. The minimum absolute atomic E-state index is 0.597. The highest BCUT2D eigenvalue weighted by atomic mass is 32.2. The van der Waals surface area contributed by atoms with Gasteiger partial charge in [0.15, 0.2) is 0 Å². The van der Waals surface area contributed by atoms with Crippen LogP contribution in [-0.4, -0.2) is 18.3 Å². The molecule has 0 spiro atoms. The zero-order chi connectivity index (χ0) is 13.7. The Bertz CT molecular complexity index is 521. The lowest BCUT2D eigenvalue weighted by Gasteiger charge is -2.14. The van der Waals surface area contributed by atoms with E-state index >= 15 is 0 Å². The molecule has 2 rings (SSSR count). The van der Waals surface area contributed by atoms with Crippen molar-refractivity contribution < 1.29 is 0 Å². The van der Waals surface area contributed by atoms with Crippen molar-refractivity contribution in [1.29, 1.82) is 0 Å². The molecule has 1 atom stereocenters. The minimum Gasteiger partial charge on any atom is -0.315 e. The van der Waals surface area contributed by atoms with Crippen molar-refractivity contribution in [3.05, 3.63) is 42.5 Å². The lowest BCUT2D eigenvalue weighted by molar-refractivity contribution is 0.554. The van der Waals surface area contributed by atoms with E-state index in [1.165, 1.54) is 15.7 Å². The van der Waals surface area contributed by atoms with Crippen LogP contribution in [0.15, 0.2) is 47.4 Å². The molecule has 0 saturated heterocycles. The first kappa shape index (κ1) is 14.4. The summed E-state index contributed by atoms with van der Waals surface area (Å²) in [7, 11) is 0. The molecule has 0 fully saturated rings. The molecule has 0 aromatic heterocycles. The van der Waals surface area contributed by atoms with Gasteiger partial charge in [0.2, 0.25) is 0 Å². The van der Waals surface area contributed by atoms with E-state index < -0.39 is 0 Å². The molecule has 0 aliphatic carbocycles. The van der Waals surface area contributed by atoms with Gasteiger partial charge in [0.25, 0.3) is 0 Å². The fourth-order valence-corrected chi connectivity index (χ4v) is 3.10. The summed E-state index contributed by atoms with van der Waals surface area (Å²) in [6.45, 7) is 8.94. The SMILES string of the molecule is CC(C)CNCC(C)Sc1ccc2ccccc2c1. The van der Waals surface area contributed by atoms with Crippen molar-refractivity contribution in [2.75, 3.05) is 13.1 Å². The van der Waals surface area contributed by atoms with Crippen LogP contribution in [0.1, 0.15) is 20.8 Å². The minimum atomic E-state index is 0.597. The Morgan fingerprint density at radius 2 is 1.68 bits per heavy atom. The third-order valence-corrected chi connectivity index (χ3v) is 4.14. The summed E-state index contributed by atoms with van der Waals surface area (Å²) in [5, 5.41) is 6.76. The normalized spacial score (nSPS) is 13.1. The predicted octanol–water partition coefficient (Wildman–Crippen LogP) is 4.57. The van der Waals surface area contributed by atoms with Crippen LogP contribution >= 0.6 is 11.8 Å². The molecule has 0 amide bonds. The molecular formula is C17H23NS. The highest BCUT2D eigenvalue weighted by Crippen LogP contribution is 2.26. The molecule has 2 aromatic rings. The molecule has 0 bridgehead atoms. The van der Waals surface area contributed by atoms with Crippen molar-refractivity contribution in [2.45, 2.75) is 30.9 Å². The van der Waals surface area contributed by atoms with E-state index in [1.54, 1.807) is 0 Å². The lowest BCUT2D eigenvalue weighted by Crippen LogP contribution is -2.26. The molecule has 1 nitrogen and oxygen atoms in total. The number of nitrogens with one attached hydrogen (secondary N) is 1. The van der Waals surface area contributed by atoms with Gasteiger partial charge in [-0.2, -0.15) is 0 Å². The second-order valence-corrected chi connectivity index (χ2v) is 7.00. The number of hydrogen-bond donors (Lipinski definition) is 1. The van der Waals surface area contributed by atoms with E-state index in [0.29, 0.717) is 5.25 Å². The Morgan fingerprint density at radius 1 is 0.947 bits per heavy atom. The third kappa shape index (κ3) is 4.55. The molecule has 0 saturated carbocycles. The Kier molecular flexibility index (Phi) is 5.29. The predicted molar refractivity (Wildman–Crippen MR) is 87.0 cm³/mol. The van der Waals surface area contributed by atoms with Gasteiger partial charge in [-0.3, -0.25) is 0 Å². The molecule has 1 N–H and O–H groups in total. The molecular weight excluding hydrogens is 250 g/mol. The summed E-state index contributed by atoms with van der Waals surface area (Å²) in [5.41, 5.74) is 0. The zero-order valence-corrected chi connectivity index (χ0v) is 12.8. The highest BCUT2D eigenvalue weighted by Gasteiger charge is 2.05. The number of benzene rings is 2. The molecule has 1 unspecified atom stereocenters. The van der Waals surface area contributed by atoms with E-state index in [0.717, 1.165) is 19.0 Å². The maximum atomic E-state index is 3.52. The molecule has 102 valence electrons. The number of rotatable bonds is 6. The number of thioether (sulfide) groups is 1. The monoisotopic (exact) mass is 273 g/mol. The molecule has 2 heteroatoms. The van der Waals surface area contributed by atoms with E-state index in [4.69, 9.17) is 0 Å². The van der Waals surface area contributed by atoms with Gasteiger partial charge in [-0.25, -0.2) is 0 Å².